The van der Waals surface area contributed by atoms with Crippen LogP contribution in [0, 0.1) is 0 Å². The van der Waals surface area contributed by atoms with Crippen molar-refractivity contribution in [3.05, 3.63) is 64.7 Å². The number of carbonyl (C=O) groups is 1. The summed E-state index contributed by atoms with van der Waals surface area (Å²) in [6, 6.07) is 8.46. The number of fused-ring (bicyclic) bond motifs is 2. The number of halogens is 3. The highest BCUT2D eigenvalue weighted by Crippen LogP contribution is 2.34. The van der Waals surface area contributed by atoms with Gasteiger partial charge in [-0.3, -0.25) is 9.59 Å². The Morgan fingerprint density at radius 1 is 1.17 bits per heavy atom. The van der Waals surface area contributed by atoms with Gasteiger partial charge >= 0.3 is 5.57 Å². The van der Waals surface area contributed by atoms with Crippen molar-refractivity contribution < 1.29 is 23.0 Å². The Morgan fingerprint density at radius 2 is 1.86 bits per heavy atom. The fourth-order valence-corrected chi connectivity index (χ4v) is 4.48. The van der Waals surface area contributed by atoms with Crippen molar-refractivity contribution in [1.82, 2.24) is 14.8 Å². The number of hydrogen-bond donors (Lipinski definition) is 1. The van der Waals surface area contributed by atoms with E-state index in [0.717, 1.165) is 12.8 Å². The molecule has 0 radical (unpaired) electrons. The molecule has 4 heterocycles. The van der Waals surface area contributed by atoms with Crippen LogP contribution in [0.4, 0.5) is 20.3 Å². The Hall–Kier alpha value is -3.57. The van der Waals surface area contributed by atoms with Crippen molar-refractivity contribution in [2.24, 2.45) is 7.05 Å². The molecule has 2 aliphatic rings. The van der Waals surface area contributed by atoms with E-state index >= 15 is 0 Å². The van der Waals surface area contributed by atoms with Crippen LogP contribution in [-0.2, 0) is 11.8 Å². The van der Waals surface area contributed by atoms with Crippen molar-refractivity contribution in [2.45, 2.75) is 30.6 Å². The van der Waals surface area contributed by atoms with E-state index in [9.17, 15) is 18.4 Å². The third-order valence-electron chi connectivity index (χ3n) is 6.10. The van der Waals surface area contributed by atoms with Gasteiger partial charge in [0, 0.05) is 60.8 Å². The van der Waals surface area contributed by atoms with E-state index in [4.69, 9.17) is 16.3 Å². The molecule has 2 bridgehead atoms. The summed E-state index contributed by atoms with van der Waals surface area (Å²) in [6.07, 6.45) is 5.23. The number of nitrogens with zero attached hydrogens (tertiary/aromatic N) is 4. The predicted octanol–water partition coefficient (Wildman–Crippen LogP) is 3.63. The number of morpholine rings is 1. The largest absolute Gasteiger partial charge is 0.487 e. The van der Waals surface area contributed by atoms with Gasteiger partial charge in [-0.1, -0.05) is 0 Å². The highest BCUT2D eigenvalue weighted by molar-refractivity contribution is 6.20. The summed E-state index contributed by atoms with van der Waals surface area (Å²) in [4.78, 5) is 32.0. The highest BCUT2D eigenvalue weighted by Gasteiger charge is 2.35. The summed E-state index contributed by atoms with van der Waals surface area (Å²) in [7, 11) is 1.55. The number of aryl methyl sites for hydroxylation is 1. The predicted molar refractivity (Wildman–Crippen MR) is 129 cm³/mol. The molecular formula is C24H22ClF2N5O4. The molecule has 1 aromatic carbocycles. The van der Waals surface area contributed by atoms with Gasteiger partial charge in [-0.15, -0.1) is 8.78 Å². The van der Waals surface area contributed by atoms with Crippen LogP contribution in [0.3, 0.4) is 0 Å². The van der Waals surface area contributed by atoms with Gasteiger partial charge in [-0.05, 0) is 43.2 Å². The lowest BCUT2D eigenvalue weighted by Crippen LogP contribution is -2.43. The van der Waals surface area contributed by atoms with Gasteiger partial charge in [0.25, 0.3) is 11.5 Å². The fraction of sp³-hybridized carbons (Fsp3) is 0.333. The van der Waals surface area contributed by atoms with Crippen LogP contribution >= 0.6 is 11.6 Å². The van der Waals surface area contributed by atoms with Crippen molar-refractivity contribution in [1.29, 1.82) is 0 Å². The van der Waals surface area contributed by atoms with Gasteiger partial charge in [-0.25, -0.2) is 9.67 Å². The summed E-state index contributed by atoms with van der Waals surface area (Å²) in [5, 5.41) is 6.82. The molecule has 2 aliphatic heterocycles. The lowest BCUT2D eigenvalue weighted by molar-refractivity contribution is -0.0964. The summed E-state index contributed by atoms with van der Waals surface area (Å²) < 4.78 is 37.1. The van der Waals surface area contributed by atoms with Gasteiger partial charge in [0.15, 0.2) is 0 Å². The molecule has 12 heteroatoms. The number of amides is 1. The SMILES string of the molecule is Cn1ncc(-c2cc(C(=O)Nc3ccc(OC(F)(F)Cl)cc3)cnc2N2CC3CCC(C2)O3)cc1=O. The smallest absolute Gasteiger partial charge is 0.420 e. The van der Waals surface area contributed by atoms with Crippen molar-refractivity contribution in [3.8, 4) is 16.9 Å². The molecule has 36 heavy (non-hydrogen) atoms. The van der Waals surface area contributed by atoms with E-state index in [1.54, 1.807) is 19.3 Å². The molecule has 2 saturated heterocycles. The zero-order valence-corrected chi connectivity index (χ0v) is 19.9. The summed E-state index contributed by atoms with van der Waals surface area (Å²) in [5.74, 6) is 0.0229. The third kappa shape index (κ3) is 5.31. The first-order chi connectivity index (χ1) is 17.1. The number of anilines is 2. The van der Waals surface area contributed by atoms with Crippen molar-refractivity contribution in [3.63, 3.8) is 0 Å². The van der Waals surface area contributed by atoms with Gasteiger partial charge < -0.3 is 19.7 Å². The van der Waals surface area contributed by atoms with Crippen LogP contribution in [0.2, 0.25) is 0 Å². The molecule has 2 unspecified atom stereocenters. The van der Waals surface area contributed by atoms with Crippen LogP contribution in [-0.4, -0.2) is 51.5 Å². The first-order valence-electron chi connectivity index (χ1n) is 11.3. The second-order valence-electron chi connectivity index (χ2n) is 8.69. The Kier molecular flexibility index (Phi) is 6.35. The Labute approximate surface area is 209 Å². The minimum absolute atomic E-state index is 0.119. The Morgan fingerprint density at radius 3 is 2.50 bits per heavy atom. The number of benzene rings is 1. The second kappa shape index (κ2) is 9.47. The van der Waals surface area contributed by atoms with Crippen molar-refractivity contribution >= 4 is 29.0 Å². The van der Waals surface area contributed by atoms with Gasteiger partial charge in [0.1, 0.15) is 11.6 Å². The number of hydrogen-bond acceptors (Lipinski definition) is 7. The molecule has 0 saturated carbocycles. The molecule has 188 valence electrons. The van der Waals surface area contributed by atoms with E-state index in [1.165, 1.54) is 41.2 Å². The number of ether oxygens (including phenoxy) is 2. The van der Waals surface area contributed by atoms with Crippen LogP contribution < -0.4 is 20.5 Å². The molecule has 3 aromatic rings. The number of carbonyl (C=O) groups excluding carboxylic acids is 1. The lowest BCUT2D eigenvalue weighted by atomic mass is 10.1. The topological polar surface area (TPSA) is 98.6 Å². The van der Waals surface area contributed by atoms with Gasteiger partial charge in [-0.2, -0.15) is 5.10 Å². The second-order valence-corrected chi connectivity index (χ2v) is 9.13. The molecular weight excluding hydrogens is 496 g/mol. The molecule has 9 nitrogen and oxygen atoms in total. The number of alkyl halides is 3. The first-order valence-corrected chi connectivity index (χ1v) is 11.6. The maximum absolute atomic E-state index is 13.0. The van der Waals surface area contributed by atoms with Crippen molar-refractivity contribution in [2.75, 3.05) is 23.3 Å². The minimum atomic E-state index is -3.83. The maximum Gasteiger partial charge on any atom is 0.487 e. The van der Waals surface area contributed by atoms with Crippen LogP contribution in [0.25, 0.3) is 11.1 Å². The van der Waals surface area contributed by atoms with Gasteiger partial charge in [0.05, 0.1) is 24.0 Å². The fourth-order valence-electron chi connectivity index (χ4n) is 4.39. The first kappa shape index (κ1) is 24.1. The molecule has 1 N–H and O–H groups in total. The average Bonchev–Trinajstić information content (AvgIpc) is 3.18. The van der Waals surface area contributed by atoms with E-state index in [2.05, 4.69) is 25.0 Å². The lowest BCUT2D eigenvalue weighted by Gasteiger charge is -2.34. The normalized spacial score (nSPS) is 19.3. The standard InChI is InChI=1S/C24H22ClF2N5O4/c1-31-21(33)9-14(11-29-31)20-8-15(10-28-22(20)32-12-18-6-7-19(13-32)35-18)23(34)30-16-2-4-17(5-3-16)36-24(25,26)27/h2-5,8-11,18-19H,6-7,12-13H2,1H3,(H,30,34). The summed E-state index contributed by atoms with van der Waals surface area (Å²) >= 11 is 4.78. The molecule has 2 fully saturated rings. The van der Waals surface area contributed by atoms with E-state index in [1.807, 2.05) is 0 Å². The third-order valence-corrected chi connectivity index (χ3v) is 6.17. The van der Waals surface area contributed by atoms with Crippen LogP contribution in [0.15, 0.2) is 53.6 Å². The highest BCUT2D eigenvalue weighted by atomic mass is 35.5. The van der Waals surface area contributed by atoms with E-state index < -0.39 is 11.5 Å². The quantitative estimate of drug-likeness (QED) is 0.498. The zero-order chi connectivity index (χ0) is 25.4. The van der Waals surface area contributed by atoms with Crippen LogP contribution in [0.1, 0.15) is 23.2 Å². The maximum atomic E-state index is 13.0. The molecule has 5 rings (SSSR count). The molecule has 2 atom stereocenters. The zero-order valence-electron chi connectivity index (χ0n) is 19.2. The number of rotatable bonds is 6. The Bertz CT molecular complexity index is 1330. The number of nitrogens with one attached hydrogen (secondary N) is 1. The minimum Gasteiger partial charge on any atom is -0.420 e. The van der Waals surface area contributed by atoms with Crippen LogP contribution in [0.5, 0.6) is 5.75 Å². The number of pyridine rings is 1. The Balaban J connectivity index is 1.43. The average molecular weight is 518 g/mol. The molecule has 0 spiro atoms. The van der Waals surface area contributed by atoms with Gasteiger partial charge in [0.2, 0.25) is 0 Å². The molecule has 2 aromatic heterocycles. The van der Waals surface area contributed by atoms with E-state index in [0.29, 0.717) is 35.7 Å². The summed E-state index contributed by atoms with van der Waals surface area (Å²) in [5.41, 5.74) is -2.38. The summed E-state index contributed by atoms with van der Waals surface area (Å²) in [6.45, 7) is 1.33. The van der Waals surface area contributed by atoms with E-state index in [-0.39, 0.29) is 29.1 Å². The molecule has 0 aliphatic carbocycles. The molecule has 1 amide bonds. The number of aromatic nitrogens is 3. The monoisotopic (exact) mass is 517 g/mol.